The predicted molar refractivity (Wildman–Crippen MR) is 83.9 cm³/mol. The third-order valence-corrected chi connectivity index (χ3v) is 4.44. The fourth-order valence-corrected chi connectivity index (χ4v) is 3.07. The normalized spacial score (nSPS) is 13.6. The number of para-hydroxylation sites is 1. The van der Waals surface area contributed by atoms with Crippen LogP contribution in [0.1, 0.15) is 32.3 Å². The second-order valence-corrected chi connectivity index (χ2v) is 5.63. The van der Waals surface area contributed by atoms with Gasteiger partial charge in [0.05, 0.1) is 18.2 Å². The first-order valence-corrected chi connectivity index (χ1v) is 7.69. The van der Waals surface area contributed by atoms with E-state index in [1.54, 1.807) is 0 Å². The summed E-state index contributed by atoms with van der Waals surface area (Å²) in [6, 6.07) is 6.59. The zero-order valence-electron chi connectivity index (χ0n) is 12.4. The Kier molecular flexibility index (Phi) is 3.77. The molecule has 0 spiro atoms. The average Bonchev–Trinajstić information content (AvgIpc) is 3.12. The van der Waals surface area contributed by atoms with E-state index in [0.29, 0.717) is 0 Å². The zero-order valence-corrected chi connectivity index (χ0v) is 12.4. The molecule has 0 radical (unpaired) electrons. The standard InChI is InChI=1S/C17H23N3/c1-3-13(4-2)11-20-12-18-10-16(20)15-7-5-6-14-8-9-19-17(14)15/h5-7,10,12-13,19H,3-4,8-9,11H2,1-2H3. The van der Waals surface area contributed by atoms with E-state index in [-0.39, 0.29) is 0 Å². The molecule has 2 heterocycles. The van der Waals surface area contributed by atoms with Crippen LogP contribution in [-0.2, 0) is 13.0 Å². The largest absolute Gasteiger partial charge is 0.384 e. The van der Waals surface area contributed by atoms with Gasteiger partial charge in [-0.25, -0.2) is 4.98 Å². The fraction of sp³-hybridized carbons (Fsp3) is 0.471. The van der Waals surface area contributed by atoms with Gasteiger partial charge in [-0.2, -0.15) is 0 Å². The van der Waals surface area contributed by atoms with Gasteiger partial charge in [0.25, 0.3) is 0 Å². The quantitative estimate of drug-likeness (QED) is 0.890. The van der Waals surface area contributed by atoms with Crippen LogP contribution in [0.25, 0.3) is 11.3 Å². The smallest absolute Gasteiger partial charge is 0.0951 e. The summed E-state index contributed by atoms with van der Waals surface area (Å²) < 4.78 is 2.31. The Morgan fingerprint density at radius 2 is 2.15 bits per heavy atom. The van der Waals surface area contributed by atoms with Gasteiger partial charge in [0, 0.05) is 24.3 Å². The van der Waals surface area contributed by atoms with Gasteiger partial charge in [0.2, 0.25) is 0 Å². The molecule has 0 saturated carbocycles. The Labute approximate surface area is 121 Å². The molecule has 1 aromatic heterocycles. The van der Waals surface area contributed by atoms with E-state index in [2.05, 4.69) is 46.9 Å². The molecule has 0 atom stereocenters. The van der Waals surface area contributed by atoms with E-state index in [0.717, 1.165) is 25.4 Å². The van der Waals surface area contributed by atoms with Crippen LogP contribution in [0.3, 0.4) is 0 Å². The molecular weight excluding hydrogens is 246 g/mol. The lowest BCUT2D eigenvalue weighted by molar-refractivity contribution is 0.420. The first-order chi connectivity index (χ1) is 9.83. The number of nitrogens with zero attached hydrogens (tertiary/aromatic N) is 2. The number of benzene rings is 1. The number of imidazole rings is 1. The van der Waals surface area contributed by atoms with Crippen molar-refractivity contribution in [2.45, 2.75) is 39.7 Å². The molecule has 0 aliphatic carbocycles. The van der Waals surface area contributed by atoms with Gasteiger partial charge in [-0.05, 0) is 17.9 Å². The van der Waals surface area contributed by atoms with E-state index >= 15 is 0 Å². The van der Waals surface area contributed by atoms with Crippen molar-refractivity contribution in [3.8, 4) is 11.3 Å². The highest BCUT2D eigenvalue weighted by Gasteiger charge is 2.17. The molecule has 1 aromatic carbocycles. The first kappa shape index (κ1) is 13.2. The number of rotatable bonds is 5. The summed E-state index contributed by atoms with van der Waals surface area (Å²) in [5, 5.41) is 3.52. The van der Waals surface area contributed by atoms with E-state index in [4.69, 9.17) is 0 Å². The van der Waals surface area contributed by atoms with Crippen molar-refractivity contribution in [1.82, 2.24) is 9.55 Å². The Hall–Kier alpha value is -1.77. The lowest BCUT2D eigenvalue weighted by atomic mass is 10.0. The van der Waals surface area contributed by atoms with Crippen molar-refractivity contribution >= 4 is 5.69 Å². The highest BCUT2D eigenvalue weighted by atomic mass is 15.1. The molecule has 0 saturated heterocycles. The number of aromatic nitrogens is 2. The second-order valence-electron chi connectivity index (χ2n) is 5.63. The summed E-state index contributed by atoms with van der Waals surface area (Å²) in [5.41, 5.74) is 5.27. The van der Waals surface area contributed by atoms with Crippen LogP contribution < -0.4 is 5.32 Å². The van der Waals surface area contributed by atoms with Gasteiger partial charge < -0.3 is 9.88 Å². The summed E-state index contributed by atoms with van der Waals surface area (Å²) in [6.45, 7) is 6.65. The van der Waals surface area contributed by atoms with Crippen molar-refractivity contribution in [2.24, 2.45) is 5.92 Å². The minimum atomic E-state index is 0.729. The van der Waals surface area contributed by atoms with Gasteiger partial charge in [0.1, 0.15) is 0 Å². The van der Waals surface area contributed by atoms with Gasteiger partial charge in [0.15, 0.2) is 0 Å². The fourth-order valence-electron chi connectivity index (χ4n) is 3.07. The van der Waals surface area contributed by atoms with E-state index in [1.165, 1.54) is 35.3 Å². The Morgan fingerprint density at radius 1 is 1.30 bits per heavy atom. The number of hydrogen-bond acceptors (Lipinski definition) is 2. The molecule has 1 N–H and O–H groups in total. The van der Waals surface area contributed by atoms with E-state index in [9.17, 15) is 0 Å². The minimum Gasteiger partial charge on any atom is -0.384 e. The molecule has 3 rings (SSSR count). The van der Waals surface area contributed by atoms with Crippen molar-refractivity contribution in [3.63, 3.8) is 0 Å². The topological polar surface area (TPSA) is 29.9 Å². The van der Waals surface area contributed by atoms with Gasteiger partial charge in [-0.15, -0.1) is 0 Å². The molecule has 106 valence electrons. The molecule has 3 nitrogen and oxygen atoms in total. The lowest BCUT2D eigenvalue weighted by Crippen LogP contribution is -2.09. The van der Waals surface area contributed by atoms with Crippen LogP contribution in [0.4, 0.5) is 5.69 Å². The number of fused-ring (bicyclic) bond motifs is 1. The predicted octanol–water partition coefficient (Wildman–Crippen LogP) is 3.95. The maximum Gasteiger partial charge on any atom is 0.0951 e. The third kappa shape index (κ3) is 2.33. The van der Waals surface area contributed by atoms with Crippen LogP contribution in [0, 0.1) is 5.92 Å². The minimum absolute atomic E-state index is 0.729. The molecule has 0 amide bonds. The Balaban J connectivity index is 1.96. The molecular formula is C17H23N3. The molecule has 0 unspecified atom stereocenters. The van der Waals surface area contributed by atoms with Crippen LogP contribution in [-0.4, -0.2) is 16.1 Å². The monoisotopic (exact) mass is 269 g/mol. The second kappa shape index (κ2) is 5.70. The van der Waals surface area contributed by atoms with E-state index < -0.39 is 0 Å². The Morgan fingerprint density at radius 3 is 2.95 bits per heavy atom. The number of hydrogen-bond donors (Lipinski definition) is 1. The molecule has 2 aromatic rings. The number of nitrogens with one attached hydrogen (secondary N) is 1. The maximum absolute atomic E-state index is 4.38. The van der Waals surface area contributed by atoms with Crippen LogP contribution in [0.15, 0.2) is 30.7 Å². The zero-order chi connectivity index (χ0) is 13.9. The van der Waals surface area contributed by atoms with Crippen molar-refractivity contribution in [1.29, 1.82) is 0 Å². The molecule has 20 heavy (non-hydrogen) atoms. The first-order valence-electron chi connectivity index (χ1n) is 7.69. The summed E-state index contributed by atoms with van der Waals surface area (Å²) in [5.74, 6) is 0.729. The van der Waals surface area contributed by atoms with Crippen molar-refractivity contribution in [2.75, 3.05) is 11.9 Å². The summed E-state index contributed by atoms with van der Waals surface area (Å²) >= 11 is 0. The molecule has 0 fully saturated rings. The van der Waals surface area contributed by atoms with Crippen LogP contribution in [0.5, 0.6) is 0 Å². The SMILES string of the molecule is CCC(CC)Cn1cncc1-c1cccc2c1NCC2. The van der Waals surface area contributed by atoms with Crippen LogP contribution >= 0.6 is 0 Å². The molecule has 1 aliphatic heterocycles. The molecule has 0 bridgehead atoms. The highest BCUT2D eigenvalue weighted by molar-refractivity contribution is 5.79. The van der Waals surface area contributed by atoms with Gasteiger partial charge in [-0.1, -0.05) is 44.9 Å². The van der Waals surface area contributed by atoms with Gasteiger partial charge in [-0.3, -0.25) is 0 Å². The highest BCUT2D eigenvalue weighted by Crippen LogP contribution is 2.34. The third-order valence-electron chi connectivity index (χ3n) is 4.44. The Bertz CT molecular complexity index is 582. The summed E-state index contributed by atoms with van der Waals surface area (Å²) in [6.07, 6.45) is 7.54. The maximum atomic E-state index is 4.38. The van der Waals surface area contributed by atoms with Crippen LogP contribution in [0.2, 0.25) is 0 Å². The van der Waals surface area contributed by atoms with Crippen molar-refractivity contribution < 1.29 is 0 Å². The van der Waals surface area contributed by atoms with Gasteiger partial charge >= 0.3 is 0 Å². The number of anilines is 1. The summed E-state index contributed by atoms with van der Waals surface area (Å²) in [7, 11) is 0. The van der Waals surface area contributed by atoms with E-state index in [1.807, 2.05) is 12.5 Å². The van der Waals surface area contributed by atoms with Crippen molar-refractivity contribution in [3.05, 3.63) is 36.3 Å². The average molecular weight is 269 g/mol. The lowest BCUT2D eigenvalue weighted by Gasteiger charge is -2.17. The molecule has 1 aliphatic rings. The summed E-state index contributed by atoms with van der Waals surface area (Å²) in [4.78, 5) is 4.38. The molecule has 3 heteroatoms.